The first-order chi connectivity index (χ1) is 11.7. The molecule has 0 spiro atoms. The number of rotatable bonds is 6. The fraction of sp³-hybridized carbons (Fsp3) is 0.737. The Morgan fingerprint density at radius 3 is 2.56 bits per heavy atom. The number of ether oxygens (including phenoxy) is 1. The summed E-state index contributed by atoms with van der Waals surface area (Å²) in [4.78, 5) is 6.35. The Bertz CT molecular complexity index is 537. The van der Waals surface area contributed by atoms with Crippen LogP contribution in [0.2, 0.25) is 0 Å². The first kappa shape index (κ1) is 21.0. The Morgan fingerprint density at radius 2 is 2.00 bits per heavy atom. The quantitative estimate of drug-likeness (QED) is 0.368. The largest absolute Gasteiger partial charge is 0.380 e. The summed E-state index contributed by atoms with van der Waals surface area (Å²) in [6.45, 7) is 8.73. The normalized spacial score (nSPS) is 21.8. The van der Waals surface area contributed by atoms with Crippen LogP contribution in [0.5, 0.6) is 0 Å². The molecule has 1 aromatic heterocycles. The van der Waals surface area contributed by atoms with E-state index in [1.807, 2.05) is 11.3 Å². The van der Waals surface area contributed by atoms with Crippen LogP contribution in [0, 0.1) is 5.41 Å². The lowest BCUT2D eigenvalue weighted by Crippen LogP contribution is -2.48. The molecule has 1 aliphatic carbocycles. The lowest BCUT2D eigenvalue weighted by molar-refractivity contribution is -0.0945. The maximum atomic E-state index is 5.34. The third kappa shape index (κ3) is 5.32. The van der Waals surface area contributed by atoms with Crippen molar-refractivity contribution in [3.63, 3.8) is 0 Å². The number of aliphatic imine (C=N–C) groups is 1. The van der Waals surface area contributed by atoms with Crippen molar-refractivity contribution < 1.29 is 4.74 Å². The zero-order chi connectivity index (χ0) is 16.9. The molecule has 0 bridgehead atoms. The smallest absolute Gasteiger partial charge is 0.191 e. The Labute approximate surface area is 173 Å². The molecule has 0 amide bonds. The number of halogens is 1. The molecule has 2 N–H and O–H groups in total. The molecular formula is C19H32IN3OS. The van der Waals surface area contributed by atoms with Crippen LogP contribution in [0.4, 0.5) is 0 Å². The third-order valence-corrected chi connectivity index (χ3v) is 6.43. The van der Waals surface area contributed by atoms with Gasteiger partial charge in [0, 0.05) is 28.8 Å². The molecule has 3 rings (SSSR count). The molecule has 0 unspecified atom stereocenters. The van der Waals surface area contributed by atoms with Crippen LogP contribution < -0.4 is 10.6 Å². The van der Waals surface area contributed by atoms with Gasteiger partial charge < -0.3 is 15.4 Å². The summed E-state index contributed by atoms with van der Waals surface area (Å²) in [5.74, 6) is 0.951. The molecule has 2 heterocycles. The fourth-order valence-corrected chi connectivity index (χ4v) is 4.71. The maximum absolute atomic E-state index is 5.34. The molecule has 6 heteroatoms. The van der Waals surface area contributed by atoms with Gasteiger partial charge in [0.15, 0.2) is 5.96 Å². The van der Waals surface area contributed by atoms with E-state index in [0.29, 0.717) is 0 Å². The number of hydrogen-bond donors (Lipinski definition) is 2. The highest BCUT2D eigenvalue weighted by Crippen LogP contribution is 2.41. The summed E-state index contributed by atoms with van der Waals surface area (Å²) < 4.78 is 5.34. The minimum Gasteiger partial charge on any atom is -0.380 e. The van der Waals surface area contributed by atoms with Gasteiger partial charge in [-0.25, -0.2) is 0 Å². The molecule has 1 aliphatic heterocycles. The molecule has 2 fully saturated rings. The first-order valence-electron chi connectivity index (χ1n) is 9.30. The van der Waals surface area contributed by atoms with Crippen LogP contribution in [0.1, 0.15) is 50.8 Å². The number of guanidine groups is 1. The van der Waals surface area contributed by atoms with Gasteiger partial charge in [0.1, 0.15) is 0 Å². The van der Waals surface area contributed by atoms with Crippen molar-refractivity contribution in [2.45, 2.75) is 51.4 Å². The summed E-state index contributed by atoms with van der Waals surface area (Å²) in [6.07, 6.45) is 6.61. The topological polar surface area (TPSA) is 45.7 Å². The van der Waals surface area contributed by atoms with Crippen molar-refractivity contribution >= 4 is 41.3 Å². The molecule has 142 valence electrons. The van der Waals surface area contributed by atoms with Gasteiger partial charge >= 0.3 is 0 Å². The van der Waals surface area contributed by atoms with E-state index in [1.165, 1.54) is 37.0 Å². The molecule has 1 saturated carbocycles. The highest BCUT2D eigenvalue weighted by atomic mass is 127. The van der Waals surface area contributed by atoms with E-state index in [9.17, 15) is 0 Å². The van der Waals surface area contributed by atoms with Crippen molar-refractivity contribution in [3.8, 4) is 0 Å². The van der Waals surface area contributed by atoms with Crippen LogP contribution in [0.3, 0.4) is 0 Å². The second-order valence-corrected chi connectivity index (χ2v) is 8.62. The van der Waals surface area contributed by atoms with Crippen molar-refractivity contribution in [3.05, 3.63) is 22.4 Å². The van der Waals surface area contributed by atoms with Crippen LogP contribution in [-0.2, 0) is 10.2 Å². The van der Waals surface area contributed by atoms with Gasteiger partial charge in [-0.15, -0.1) is 35.3 Å². The predicted octanol–water partition coefficient (Wildman–Crippen LogP) is 4.16. The highest BCUT2D eigenvalue weighted by molar-refractivity contribution is 14.0. The Morgan fingerprint density at radius 1 is 1.24 bits per heavy atom. The summed E-state index contributed by atoms with van der Waals surface area (Å²) in [5, 5.41) is 9.26. The van der Waals surface area contributed by atoms with E-state index in [4.69, 9.17) is 9.73 Å². The average molecular weight is 477 g/mol. The van der Waals surface area contributed by atoms with Crippen LogP contribution in [0.15, 0.2) is 22.5 Å². The number of nitrogens with zero attached hydrogens (tertiary/aromatic N) is 1. The number of hydrogen-bond acceptors (Lipinski definition) is 3. The zero-order valence-electron chi connectivity index (χ0n) is 15.5. The van der Waals surface area contributed by atoms with Crippen LogP contribution in [-0.4, -0.2) is 38.8 Å². The van der Waals surface area contributed by atoms with Crippen LogP contribution >= 0.6 is 35.3 Å². The van der Waals surface area contributed by atoms with Gasteiger partial charge in [0.2, 0.25) is 0 Å². The standard InChI is InChI=1S/C19H31N3OS.HI/c1-3-20-17(21-12-18(2)14-23-15-18)22-13-19(9-5-4-6-10-19)16-8-7-11-24-16;/h7-8,11H,3-6,9-10,12-15H2,1-2H3,(H2,20,21,22);1H. The molecule has 25 heavy (non-hydrogen) atoms. The van der Waals surface area contributed by atoms with Gasteiger partial charge in [0.25, 0.3) is 0 Å². The minimum absolute atomic E-state index is 0. The summed E-state index contributed by atoms with van der Waals surface area (Å²) in [5.41, 5.74) is 0.505. The van der Waals surface area contributed by atoms with Gasteiger partial charge in [-0.3, -0.25) is 4.99 Å². The number of thiophene rings is 1. The van der Waals surface area contributed by atoms with Crippen LogP contribution in [0.25, 0.3) is 0 Å². The maximum Gasteiger partial charge on any atom is 0.191 e. The molecule has 0 radical (unpaired) electrons. The Hall–Kier alpha value is -0.340. The summed E-state index contributed by atoms with van der Waals surface area (Å²) >= 11 is 1.91. The Balaban J connectivity index is 0.00000225. The predicted molar refractivity (Wildman–Crippen MR) is 117 cm³/mol. The lowest BCUT2D eigenvalue weighted by atomic mass is 9.73. The van der Waals surface area contributed by atoms with Gasteiger partial charge in [0.05, 0.1) is 19.8 Å². The first-order valence-corrected chi connectivity index (χ1v) is 10.2. The van der Waals surface area contributed by atoms with E-state index >= 15 is 0 Å². The van der Waals surface area contributed by atoms with Crippen molar-refractivity contribution in [2.24, 2.45) is 10.4 Å². The molecule has 4 nitrogen and oxygen atoms in total. The molecule has 1 saturated heterocycles. The van der Waals surface area contributed by atoms with Gasteiger partial charge in [-0.1, -0.05) is 32.3 Å². The number of nitrogens with one attached hydrogen (secondary N) is 2. The van der Waals surface area contributed by atoms with E-state index in [2.05, 4.69) is 42.0 Å². The fourth-order valence-electron chi connectivity index (χ4n) is 3.73. The molecule has 0 atom stereocenters. The zero-order valence-corrected chi connectivity index (χ0v) is 18.6. The summed E-state index contributed by atoms with van der Waals surface area (Å²) in [6, 6.07) is 4.50. The van der Waals surface area contributed by atoms with Crippen molar-refractivity contribution in [2.75, 3.05) is 32.8 Å². The molecule has 2 aliphatic rings. The van der Waals surface area contributed by atoms with Gasteiger partial charge in [-0.05, 0) is 31.2 Å². The SMILES string of the molecule is CCNC(=NCC1(C)COC1)NCC1(c2cccs2)CCCCC1.I. The third-order valence-electron chi connectivity index (χ3n) is 5.31. The second-order valence-electron chi connectivity index (χ2n) is 7.67. The molecule has 0 aromatic carbocycles. The second kappa shape index (κ2) is 9.55. The highest BCUT2D eigenvalue weighted by Gasteiger charge is 2.35. The van der Waals surface area contributed by atoms with E-state index in [0.717, 1.165) is 38.8 Å². The van der Waals surface area contributed by atoms with Crippen molar-refractivity contribution in [1.82, 2.24) is 10.6 Å². The van der Waals surface area contributed by atoms with E-state index in [1.54, 1.807) is 0 Å². The monoisotopic (exact) mass is 477 g/mol. The average Bonchev–Trinajstić information content (AvgIpc) is 3.12. The summed E-state index contributed by atoms with van der Waals surface area (Å²) in [7, 11) is 0. The minimum atomic E-state index is 0. The molecule has 1 aromatic rings. The lowest BCUT2D eigenvalue weighted by Gasteiger charge is -2.38. The molecular weight excluding hydrogens is 445 g/mol. The van der Waals surface area contributed by atoms with Gasteiger partial charge in [-0.2, -0.15) is 0 Å². The van der Waals surface area contributed by atoms with E-state index < -0.39 is 0 Å². The van der Waals surface area contributed by atoms with E-state index in [-0.39, 0.29) is 34.8 Å². The Kier molecular flexibility index (Phi) is 8.01. The van der Waals surface area contributed by atoms with Crippen molar-refractivity contribution in [1.29, 1.82) is 0 Å².